The number of rotatable bonds is 5. The standard InChI is InChI=1S/C17H28N4/c1-4-7-14-8-5-6-11-21(14)17-12(2)15(18-3)19-16(20-17)13-9-10-13/h13-14H,4-11H2,1-3H3,(H,18,19,20). The third-order valence-corrected chi connectivity index (χ3v) is 4.84. The van der Waals surface area contributed by atoms with Crippen LogP contribution in [0.4, 0.5) is 11.6 Å². The summed E-state index contributed by atoms with van der Waals surface area (Å²) in [5.74, 6) is 3.86. The maximum Gasteiger partial charge on any atom is 0.137 e. The smallest absolute Gasteiger partial charge is 0.137 e. The molecule has 3 rings (SSSR count). The van der Waals surface area contributed by atoms with Crippen molar-refractivity contribution in [1.82, 2.24) is 9.97 Å². The fraction of sp³-hybridized carbons (Fsp3) is 0.765. The molecule has 1 N–H and O–H groups in total. The first-order valence-electron chi connectivity index (χ1n) is 8.57. The summed E-state index contributed by atoms with van der Waals surface area (Å²) in [6.07, 6.45) is 8.99. The number of hydrogen-bond acceptors (Lipinski definition) is 4. The van der Waals surface area contributed by atoms with E-state index < -0.39 is 0 Å². The van der Waals surface area contributed by atoms with Gasteiger partial charge in [-0.15, -0.1) is 0 Å². The summed E-state index contributed by atoms with van der Waals surface area (Å²) in [5, 5.41) is 3.27. The van der Waals surface area contributed by atoms with Gasteiger partial charge in [-0.05, 0) is 45.4 Å². The highest BCUT2D eigenvalue weighted by Crippen LogP contribution is 2.40. The van der Waals surface area contributed by atoms with E-state index in [0.717, 1.165) is 18.2 Å². The lowest BCUT2D eigenvalue weighted by Gasteiger charge is -2.38. The summed E-state index contributed by atoms with van der Waals surface area (Å²) in [6.45, 7) is 5.60. The minimum absolute atomic E-state index is 0.603. The van der Waals surface area contributed by atoms with E-state index in [0.29, 0.717) is 12.0 Å². The SMILES string of the molecule is CCCC1CCCCN1c1nc(C2CC2)nc(NC)c1C. The fourth-order valence-electron chi connectivity index (χ4n) is 3.48. The molecular weight excluding hydrogens is 260 g/mol. The van der Waals surface area contributed by atoms with Gasteiger partial charge >= 0.3 is 0 Å². The highest BCUT2D eigenvalue weighted by Gasteiger charge is 2.31. The van der Waals surface area contributed by atoms with Gasteiger partial charge in [0.1, 0.15) is 17.5 Å². The summed E-state index contributed by atoms with van der Waals surface area (Å²) in [7, 11) is 1.97. The molecule has 1 unspecified atom stereocenters. The van der Waals surface area contributed by atoms with Crippen LogP contribution in [0.1, 0.15) is 69.2 Å². The monoisotopic (exact) mass is 288 g/mol. The van der Waals surface area contributed by atoms with Crippen molar-refractivity contribution < 1.29 is 0 Å². The molecule has 0 radical (unpaired) electrons. The Bertz CT molecular complexity index is 494. The molecule has 21 heavy (non-hydrogen) atoms. The number of piperidine rings is 1. The minimum Gasteiger partial charge on any atom is -0.373 e. The van der Waals surface area contributed by atoms with Crippen molar-refractivity contribution >= 4 is 11.6 Å². The first-order chi connectivity index (χ1) is 10.2. The van der Waals surface area contributed by atoms with Crippen LogP contribution in [0.3, 0.4) is 0 Å². The van der Waals surface area contributed by atoms with Crippen molar-refractivity contribution in [1.29, 1.82) is 0 Å². The highest BCUT2D eigenvalue weighted by molar-refractivity contribution is 5.59. The number of nitrogens with one attached hydrogen (secondary N) is 1. The van der Waals surface area contributed by atoms with Crippen molar-refractivity contribution in [2.45, 2.75) is 70.8 Å². The van der Waals surface area contributed by atoms with E-state index in [1.165, 1.54) is 56.3 Å². The fourth-order valence-corrected chi connectivity index (χ4v) is 3.48. The van der Waals surface area contributed by atoms with Crippen LogP contribution < -0.4 is 10.2 Å². The molecule has 0 amide bonds. The number of nitrogens with zero attached hydrogens (tertiary/aromatic N) is 3. The van der Waals surface area contributed by atoms with Gasteiger partial charge in [0, 0.05) is 31.1 Å². The van der Waals surface area contributed by atoms with Crippen molar-refractivity contribution in [2.24, 2.45) is 0 Å². The number of hydrogen-bond donors (Lipinski definition) is 1. The lowest BCUT2D eigenvalue weighted by atomic mass is 9.97. The Morgan fingerprint density at radius 3 is 2.67 bits per heavy atom. The lowest BCUT2D eigenvalue weighted by Crippen LogP contribution is -2.40. The van der Waals surface area contributed by atoms with E-state index >= 15 is 0 Å². The quantitative estimate of drug-likeness (QED) is 0.893. The molecule has 1 saturated carbocycles. The van der Waals surface area contributed by atoms with Gasteiger partial charge in [-0.1, -0.05) is 13.3 Å². The molecule has 1 aliphatic carbocycles. The van der Waals surface area contributed by atoms with Crippen LogP contribution in [0, 0.1) is 6.92 Å². The Kier molecular flexibility index (Phi) is 4.32. The largest absolute Gasteiger partial charge is 0.373 e. The average molecular weight is 288 g/mol. The van der Waals surface area contributed by atoms with Gasteiger partial charge in [0.05, 0.1) is 0 Å². The molecule has 1 aromatic heterocycles. The number of anilines is 2. The summed E-state index contributed by atoms with van der Waals surface area (Å²) >= 11 is 0. The van der Waals surface area contributed by atoms with Crippen molar-refractivity contribution in [3.63, 3.8) is 0 Å². The molecule has 1 atom stereocenters. The summed E-state index contributed by atoms with van der Waals surface area (Å²) in [6, 6.07) is 0.661. The second-order valence-corrected chi connectivity index (χ2v) is 6.53. The summed E-state index contributed by atoms with van der Waals surface area (Å²) < 4.78 is 0. The van der Waals surface area contributed by atoms with Gasteiger partial charge < -0.3 is 10.2 Å². The van der Waals surface area contributed by atoms with Crippen LogP contribution in [-0.4, -0.2) is 29.6 Å². The van der Waals surface area contributed by atoms with Gasteiger partial charge in [0.15, 0.2) is 0 Å². The van der Waals surface area contributed by atoms with Crippen molar-refractivity contribution in [2.75, 3.05) is 23.8 Å². The molecule has 0 aromatic carbocycles. The molecule has 116 valence electrons. The first-order valence-corrected chi connectivity index (χ1v) is 8.57. The second-order valence-electron chi connectivity index (χ2n) is 6.53. The number of aromatic nitrogens is 2. The van der Waals surface area contributed by atoms with Gasteiger partial charge in [-0.3, -0.25) is 0 Å². The first kappa shape index (κ1) is 14.6. The zero-order valence-electron chi connectivity index (χ0n) is 13.7. The maximum absolute atomic E-state index is 4.97. The highest BCUT2D eigenvalue weighted by atomic mass is 15.2. The third-order valence-electron chi connectivity index (χ3n) is 4.84. The van der Waals surface area contributed by atoms with E-state index in [4.69, 9.17) is 9.97 Å². The molecule has 4 nitrogen and oxygen atoms in total. The molecule has 2 heterocycles. The zero-order valence-corrected chi connectivity index (χ0v) is 13.7. The van der Waals surface area contributed by atoms with E-state index in [2.05, 4.69) is 24.1 Å². The van der Waals surface area contributed by atoms with Crippen molar-refractivity contribution in [3.8, 4) is 0 Å². The Labute approximate surface area is 128 Å². The second kappa shape index (κ2) is 6.20. The topological polar surface area (TPSA) is 41.1 Å². The van der Waals surface area contributed by atoms with E-state index in [1.807, 2.05) is 7.05 Å². The molecule has 1 aliphatic heterocycles. The van der Waals surface area contributed by atoms with Crippen LogP contribution in [0.25, 0.3) is 0 Å². The minimum atomic E-state index is 0.603. The van der Waals surface area contributed by atoms with Crippen LogP contribution in [-0.2, 0) is 0 Å². The molecule has 2 fully saturated rings. The lowest BCUT2D eigenvalue weighted by molar-refractivity contribution is 0.430. The zero-order chi connectivity index (χ0) is 14.8. The summed E-state index contributed by atoms with van der Waals surface area (Å²) in [4.78, 5) is 12.3. The molecule has 0 spiro atoms. The molecule has 2 aliphatic rings. The van der Waals surface area contributed by atoms with E-state index in [1.54, 1.807) is 0 Å². The van der Waals surface area contributed by atoms with Crippen LogP contribution in [0.15, 0.2) is 0 Å². The average Bonchev–Trinajstić information content (AvgIpc) is 3.33. The molecule has 1 aromatic rings. The van der Waals surface area contributed by atoms with Crippen LogP contribution in [0.2, 0.25) is 0 Å². The summed E-state index contributed by atoms with van der Waals surface area (Å²) in [5.41, 5.74) is 1.21. The van der Waals surface area contributed by atoms with Gasteiger partial charge in [0.2, 0.25) is 0 Å². The predicted octanol–water partition coefficient (Wildman–Crippen LogP) is 3.86. The van der Waals surface area contributed by atoms with Gasteiger partial charge in [0.25, 0.3) is 0 Å². The Balaban J connectivity index is 1.96. The van der Waals surface area contributed by atoms with Gasteiger partial charge in [-0.2, -0.15) is 0 Å². The van der Waals surface area contributed by atoms with Crippen LogP contribution in [0.5, 0.6) is 0 Å². The van der Waals surface area contributed by atoms with E-state index in [9.17, 15) is 0 Å². The molecule has 4 heteroatoms. The third kappa shape index (κ3) is 2.99. The molecule has 1 saturated heterocycles. The Morgan fingerprint density at radius 1 is 1.19 bits per heavy atom. The van der Waals surface area contributed by atoms with Gasteiger partial charge in [-0.25, -0.2) is 9.97 Å². The van der Waals surface area contributed by atoms with Crippen LogP contribution >= 0.6 is 0 Å². The predicted molar refractivity (Wildman–Crippen MR) is 88.2 cm³/mol. The Hall–Kier alpha value is -1.32. The normalized spacial score (nSPS) is 22.4. The molecular formula is C17H28N4. The molecule has 0 bridgehead atoms. The van der Waals surface area contributed by atoms with Crippen molar-refractivity contribution in [3.05, 3.63) is 11.4 Å². The maximum atomic E-state index is 4.97. The van der Waals surface area contributed by atoms with E-state index in [-0.39, 0.29) is 0 Å². The Morgan fingerprint density at radius 2 is 2.00 bits per heavy atom.